The normalized spacial score (nSPS) is 13.8. The Kier molecular flexibility index (Phi) is 22.2. The summed E-state index contributed by atoms with van der Waals surface area (Å²) < 4.78 is 63.7. The second-order valence-electron chi connectivity index (χ2n) is 9.59. The first-order chi connectivity index (χ1) is 22.0. The maximum atomic E-state index is 13.5. The SMILES string of the molecule is CCCOC(OCC)(OCC)C(OCC)(OCC)N([C@@H](CCC(=O)O)C(=O)O)C(OCC)(OCC)C(OCC)(OCC)OCCC. The molecule has 0 radical (unpaired) electrons. The molecule has 0 heterocycles. The topological polar surface area (TPSA) is 170 Å². The number of carboxylic acid groups (broad SMARTS) is 2. The molecule has 2 N–H and O–H groups in total. The van der Waals surface area contributed by atoms with E-state index >= 15 is 0 Å². The third-order valence-electron chi connectivity index (χ3n) is 6.33. The van der Waals surface area contributed by atoms with Gasteiger partial charge in [-0.2, -0.15) is 4.90 Å². The minimum atomic E-state index is -2.49. The van der Waals surface area contributed by atoms with Crippen LogP contribution in [-0.4, -0.2) is 123 Å². The van der Waals surface area contributed by atoms with E-state index in [2.05, 4.69) is 0 Å². The lowest BCUT2D eigenvalue weighted by Gasteiger charge is -2.60. The maximum absolute atomic E-state index is 13.5. The molecule has 0 aliphatic carbocycles. The van der Waals surface area contributed by atoms with Crippen molar-refractivity contribution in [3.05, 3.63) is 0 Å². The van der Waals surface area contributed by atoms with E-state index in [0.717, 1.165) is 4.90 Å². The summed E-state index contributed by atoms with van der Waals surface area (Å²) in [4.78, 5) is 26.5. The Morgan fingerprint density at radius 2 is 0.826 bits per heavy atom. The van der Waals surface area contributed by atoms with Gasteiger partial charge >= 0.3 is 35.7 Å². The van der Waals surface area contributed by atoms with Gasteiger partial charge in [-0.3, -0.25) is 9.59 Å². The Bertz CT molecular complexity index is 757. The lowest BCUT2D eigenvalue weighted by atomic mass is 10.0. The molecule has 0 spiro atoms. The molecule has 0 fully saturated rings. The predicted octanol–water partition coefficient (Wildman–Crippen LogP) is 4.37. The molecule has 0 aromatic rings. The highest BCUT2D eigenvalue weighted by atomic mass is 16.9. The molecule has 0 unspecified atom stereocenters. The van der Waals surface area contributed by atoms with Gasteiger partial charge in [0.2, 0.25) is 0 Å². The zero-order valence-corrected chi connectivity index (χ0v) is 29.7. The van der Waals surface area contributed by atoms with Gasteiger partial charge in [-0.15, -0.1) is 0 Å². The number of rotatable bonds is 31. The van der Waals surface area contributed by atoms with E-state index in [0.29, 0.717) is 12.8 Å². The molecule has 46 heavy (non-hydrogen) atoms. The van der Waals surface area contributed by atoms with E-state index in [1.165, 1.54) is 0 Å². The summed E-state index contributed by atoms with van der Waals surface area (Å²) in [7, 11) is 0. The van der Waals surface area contributed by atoms with Crippen LogP contribution in [0.1, 0.15) is 94.9 Å². The standard InChI is InChI=1S/C31H61NO14/c1-11-23-45-30(41-17-7,42-18-8)28(37-13-3,38-14-4)32(25(27(35)36)21-22-26(33)34)29(39-15-5,40-16-6)31(43-19-9,44-20-10)46-24-12-2/h25H,11-24H2,1-10H3,(H,33,34)(H,35,36)/t25-/m0/s1. The van der Waals surface area contributed by atoms with Crippen LogP contribution in [0.4, 0.5) is 0 Å². The van der Waals surface area contributed by atoms with E-state index in [-0.39, 0.29) is 66.1 Å². The average molecular weight is 672 g/mol. The third-order valence-corrected chi connectivity index (χ3v) is 6.33. The zero-order chi connectivity index (χ0) is 35.3. The summed E-state index contributed by atoms with van der Waals surface area (Å²) in [5.74, 6) is -12.3. The first-order valence-electron chi connectivity index (χ1n) is 16.6. The number of hydrogen-bond acceptors (Lipinski definition) is 13. The van der Waals surface area contributed by atoms with Gasteiger partial charge < -0.3 is 57.6 Å². The fraction of sp³-hybridized carbons (Fsp3) is 0.935. The largest absolute Gasteiger partial charge is 0.481 e. The number of carbonyl (C=O) groups is 2. The Labute approximate surface area is 274 Å². The van der Waals surface area contributed by atoms with Gasteiger partial charge in [-0.05, 0) is 74.7 Å². The highest BCUT2D eigenvalue weighted by Gasteiger charge is 2.76. The van der Waals surface area contributed by atoms with Crippen LogP contribution in [0, 0.1) is 0 Å². The van der Waals surface area contributed by atoms with Crippen LogP contribution >= 0.6 is 0 Å². The molecule has 0 rings (SSSR count). The Morgan fingerprint density at radius 1 is 0.522 bits per heavy atom. The van der Waals surface area contributed by atoms with Gasteiger partial charge in [-0.25, -0.2) is 0 Å². The monoisotopic (exact) mass is 671 g/mol. The molecule has 0 saturated heterocycles. The van der Waals surface area contributed by atoms with Crippen LogP contribution in [0.5, 0.6) is 0 Å². The molecule has 274 valence electrons. The van der Waals surface area contributed by atoms with Crippen molar-refractivity contribution in [3.63, 3.8) is 0 Å². The van der Waals surface area contributed by atoms with Gasteiger partial charge in [-0.1, -0.05) is 13.8 Å². The molecule has 0 aromatic carbocycles. The second kappa shape index (κ2) is 23.0. The molecule has 0 aliphatic rings. The molecular formula is C31H61NO14. The minimum Gasteiger partial charge on any atom is -0.481 e. The van der Waals surface area contributed by atoms with Crippen LogP contribution in [-0.2, 0) is 57.0 Å². The van der Waals surface area contributed by atoms with Crippen molar-refractivity contribution in [1.82, 2.24) is 4.90 Å². The van der Waals surface area contributed by atoms with Crippen molar-refractivity contribution >= 4 is 11.9 Å². The van der Waals surface area contributed by atoms with E-state index < -0.39 is 54.6 Å². The molecule has 0 bridgehead atoms. The maximum Gasteiger partial charge on any atom is 0.357 e. The van der Waals surface area contributed by atoms with E-state index in [9.17, 15) is 19.8 Å². The Hall–Kier alpha value is -1.50. The minimum absolute atomic E-state index is 0.00299. The molecule has 0 aromatic heterocycles. The van der Waals surface area contributed by atoms with Gasteiger partial charge in [0.05, 0.1) is 13.2 Å². The number of ether oxygens (including phenoxy) is 10. The Morgan fingerprint density at radius 3 is 1.04 bits per heavy atom. The smallest absolute Gasteiger partial charge is 0.357 e. The summed E-state index contributed by atoms with van der Waals surface area (Å²) in [6, 6.07) is -1.80. The molecule has 15 nitrogen and oxygen atoms in total. The van der Waals surface area contributed by atoms with Crippen LogP contribution in [0.15, 0.2) is 0 Å². The van der Waals surface area contributed by atoms with Crippen molar-refractivity contribution < 1.29 is 67.2 Å². The summed E-state index contributed by atoms with van der Waals surface area (Å²) in [5, 5.41) is 20.7. The van der Waals surface area contributed by atoms with Crippen LogP contribution in [0.3, 0.4) is 0 Å². The average Bonchev–Trinajstić information content (AvgIpc) is 3.00. The van der Waals surface area contributed by atoms with Crippen LogP contribution < -0.4 is 0 Å². The summed E-state index contributed by atoms with van der Waals surface area (Å²) in [6.45, 7) is 16.9. The highest BCUT2D eigenvalue weighted by Crippen LogP contribution is 2.49. The van der Waals surface area contributed by atoms with Crippen molar-refractivity contribution in [2.24, 2.45) is 0 Å². The number of nitrogens with zero attached hydrogens (tertiary/aromatic N) is 1. The van der Waals surface area contributed by atoms with Gasteiger partial charge in [0.1, 0.15) is 6.04 Å². The van der Waals surface area contributed by atoms with Crippen molar-refractivity contribution in [1.29, 1.82) is 0 Å². The van der Waals surface area contributed by atoms with E-state index in [1.54, 1.807) is 55.4 Å². The zero-order valence-electron chi connectivity index (χ0n) is 29.7. The predicted molar refractivity (Wildman–Crippen MR) is 167 cm³/mol. The second-order valence-corrected chi connectivity index (χ2v) is 9.59. The molecule has 0 saturated carbocycles. The van der Waals surface area contributed by atoms with E-state index in [1.807, 2.05) is 13.8 Å². The number of aliphatic carboxylic acids is 2. The molecule has 0 amide bonds. The fourth-order valence-corrected chi connectivity index (χ4v) is 5.05. The van der Waals surface area contributed by atoms with Gasteiger partial charge in [0.15, 0.2) is 0 Å². The van der Waals surface area contributed by atoms with Crippen LogP contribution in [0.2, 0.25) is 0 Å². The molecular weight excluding hydrogens is 610 g/mol. The van der Waals surface area contributed by atoms with Crippen molar-refractivity contribution in [3.8, 4) is 0 Å². The van der Waals surface area contributed by atoms with Gasteiger partial charge in [0.25, 0.3) is 0 Å². The lowest BCUT2D eigenvalue weighted by Crippen LogP contribution is -2.83. The molecule has 15 heteroatoms. The lowest BCUT2D eigenvalue weighted by molar-refractivity contribution is -0.600. The van der Waals surface area contributed by atoms with Crippen molar-refractivity contribution in [2.45, 2.75) is 125 Å². The first-order valence-corrected chi connectivity index (χ1v) is 16.6. The summed E-state index contributed by atoms with van der Waals surface area (Å²) in [5.41, 5.74) is 0. The summed E-state index contributed by atoms with van der Waals surface area (Å²) in [6.07, 6.45) is -0.0603. The number of carboxylic acids is 2. The highest BCUT2D eigenvalue weighted by molar-refractivity contribution is 5.75. The van der Waals surface area contributed by atoms with Gasteiger partial charge in [0, 0.05) is 59.3 Å². The quantitative estimate of drug-likeness (QED) is 0.0996. The van der Waals surface area contributed by atoms with E-state index in [4.69, 9.17) is 47.4 Å². The molecule has 0 aliphatic heterocycles. The number of hydrogen-bond donors (Lipinski definition) is 2. The summed E-state index contributed by atoms with van der Waals surface area (Å²) >= 11 is 0. The van der Waals surface area contributed by atoms with Crippen molar-refractivity contribution in [2.75, 3.05) is 66.1 Å². The molecule has 1 atom stereocenters. The fourth-order valence-electron chi connectivity index (χ4n) is 5.05. The first kappa shape index (κ1) is 44.5. The third kappa shape index (κ3) is 10.5. The van der Waals surface area contributed by atoms with Crippen LogP contribution in [0.25, 0.3) is 0 Å². The Balaban J connectivity index is 8.93.